The Labute approximate surface area is 153 Å². The molecule has 7 nitrogen and oxygen atoms in total. The summed E-state index contributed by atoms with van der Waals surface area (Å²) in [6.07, 6.45) is 1.12. The third-order valence-corrected chi connectivity index (χ3v) is 6.85. The van der Waals surface area contributed by atoms with Gasteiger partial charge in [-0.05, 0) is 57.7 Å². The SMILES string of the molecule is Cc1ccc(C)c(NC(=O)[C@H]2CCCN2S(=O)(=O)c2c(C)noc2C)c1. The monoisotopic (exact) mass is 377 g/mol. The number of aromatic nitrogens is 1. The predicted molar refractivity (Wildman–Crippen MR) is 97.4 cm³/mol. The molecule has 1 aromatic heterocycles. The van der Waals surface area contributed by atoms with Gasteiger partial charge < -0.3 is 9.84 Å². The molecule has 0 radical (unpaired) electrons. The number of carbonyl (C=O) groups is 1. The smallest absolute Gasteiger partial charge is 0.249 e. The van der Waals surface area contributed by atoms with E-state index >= 15 is 0 Å². The van der Waals surface area contributed by atoms with E-state index in [1.807, 2.05) is 32.0 Å². The summed E-state index contributed by atoms with van der Waals surface area (Å²) < 4.78 is 32.4. The molecule has 0 bridgehead atoms. The highest BCUT2D eigenvalue weighted by Crippen LogP contribution is 2.30. The first-order valence-electron chi connectivity index (χ1n) is 8.54. The third kappa shape index (κ3) is 3.26. The summed E-state index contributed by atoms with van der Waals surface area (Å²) in [6.45, 7) is 7.30. The minimum atomic E-state index is -3.85. The molecule has 1 atom stereocenters. The number of hydrogen-bond acceptors (Lipinski definition) is 5. The van der Waals surface area contributed by atoms with Crippen LogP contribution in [0.2, 0.25) is 0 Å². The lowest BCUT2D eigenvalue weighted by Crippen LogP contribution is -2.43. The zero-order valence-corrected chi connectivity index (χ0v) is 16.2. The normalized spacial score (nSPS) is 18.2. The van der Waals surface area contributed by atoms with Crippen LogP contribution in [0, 0.1) is 27.7 Å². The highest BCUT2D eigenvalue weighted by atomic mass is 32.2. The molecule has 0 unspecified atom stereocenters. The van der Waals surface area contributed by atoms with Crippen molar-refractivity contribution in [1.29, 1.82) is 0 Å². The fourth-order valence-electron chi connectivity index (χ4n) is 3.34. The summed E-state index contributed by atoms with van der Waals surface area (Å²) in [5.41, 5.74) is 2.97. The van der Waals surface area contributed by atoms with Crippen molar-refractivity contribution in [3.63, 3.8) is 0 Å². The lowest BCUT2D eigenvalue weighted by molar-refractivity contribution is -0.119. The highest BCUT2D eigenvalue weighted by Gasteiger charge is 2.41. The Hall–Kier alpha value is -2.19. The van der Waals surface area contributed by atoms with Crippen LogP contribution in [0.5, 0.6) is 0 Å². The van der Waals surface area contributed by atoms with Gasteiger partial charge in [0.15, 0.2) is 5.76 Å². The molecule has 140 valence electrons. The van der Waals surface area contributed by atoms with E-state index in [1.54, 1.807) is 13.8 Å². The molecule has 1 aliphatic rings. The van der Waals surface area contributed by atoms with E-state index in [0.29, 0.717) is 30.8 Å². The molecule has 2 heterocycles. The molecule has 1 aromatic carbocycles. The molecule has 2 aromatic rings. The summed E-state index contributed by atoms with van der Waals surface area (Å²) in [4.78, 5) is 12.9. The van der Waals surface area contributed by atoms with Crippen molar-refractivity contribution in [2.24, 2.45) is 0 Å². The number of hydrogen-bond donors (Lipinski definition) is 1. The Balaban J connectivity index is 1.88. The minimum absolute atomic E-state index is 0.0592. The fourth-order valence-corrected chi connectivity index (χ4v) is 5.29. The Morgan fingerprint density at radius 1 is 1.27 bits per heavy atom. The van der Waals surface area contributed by atoms with Gasteiger partial charge in [0.2, 0.25) is 15.9 Å². The summed E-state index contributed by atoms with van der Waals surface area (Å²) in [5.74, 6) is -0.0744. The van der Waals surface area contributed by atoms with Crippen molar-refractivity contribution in [3.8, 4) is 0 Å². The maximum atomic E-state index is 13.1. The summed E-state index contributed by atoms with van der Waals surface area (Å²) in [7, 11) is -3.85. The lowest BCUT2D eigenvalue weighted by Gasteiger charge is -2.23. The number of aryl methyl sites for hydroxylation is 4. The van der Waals surface area contributed by atoms with Crippen molar-refractivity contribution < 1.29 is 17.7 Å². The molecule has 1 fully saturated rings. The average molecular weight is 377 g/mol. The van der Waals surface area contributed by atoms with Crippen LogP contribution >= 0.6 is 0 Å². The van der Waals surface area contributed by atoms with Gasteiger partial charge in [-0.2, -0.15) is 4.31 Å². The van der Waals surface area contributed by atoms with Crippen LogP contribution in [0.4, 0.5) is 5.69 Å². The van der Waals surface area contributed by atoms with Gasteiger partial charge in [-0.25, -0.2) is 8.42 Å². The molecular weight excluding hydrogens is 354 g/mol. The van der Waals surface area contributed by atoms with E-state index < -0.39 is 16.1 Å². The summed E-state index contributed by atoms with van der Waals surface area (Å²) in [6, 6.07) is 5.04. The standard InChI is InChI=1S/C18H23N3O4S/c1-11-7-8-12(2)15(10-11)19-18(22)16-6-5-9-21(16)26(23,24)17-13(3)20-25-14(17)4/h7-8,10,16H,5-6,9H2,1-4H3,(H,19,22)/t16-/m1/s1. The molecule has 8 heteroatoms. The van der Waals surface area contributed by atoms with E-state index in [2.05, 4.69) is 10.5 Å². The molecular formula is C18H23N3O4S. The van der Waals surface area contributed by atoms with Crippen LogP contribution in [0.25, 0.3) is 0 Å². The quantitative estimate of drug-likeness (QED) is 0.884. The Morgan fingerprint density at radius 3 is 2.65 bits per heavy atom. The van der Waals surface area contributed by atoms with Gasteiger partial charge in [-0.1, -0.05) is 17.3 Å². The maximum absolute atomic E-state index is 13.1. The van der Waals surface area contributed by atoms with Gasteiger partial charge in [0.05, 0.1) is 0 Å². The minimum Gasteiger partial charge on any atom is -0.360 e. The Kier molecular flexibility index (Phi) is 4.90. The number of sulfonamides is 1. The van der Waals surface area contributed by atoms with Crippen LogP contribution < -0.4 is 5.32 Å². The zero-order valence-electron chi connectivity index (χ0n) is 15.4. The topological polar surface area (TPSA) is 92.5 Å². The van der Waals surface area contributed by atoms with E-state index in [-0.39, 0.29) is 16.6 Å². The number of carbonyl (C=O) groups excluding carboxylic acids is 1. The molecule has 1 N–H and O–H groups in total. The number of benzene rings is 1. The van der Waals surface area contributed by atoms with Gasteiger partial charge in [-0.3, -0.25) is 4.79 Å². The maximum Gasteiger partial charge on any atom is 0.249 e. The Morgan fingerprint density at radius 2 is 2.00 bits per heavy atom. The van der Waals surface area contributed by atoms with E-state index in [9.17, 15) is 13.2 Å². The molecule has 1 amide bonds. The third-order valence-electron chi connectivity index (χ3n) is 4.69. The van der Waals surface area contributed by atoms with Crippen LogP contribution in [0.1, 0.15) is 35.4 Å². The number of anilines is 1. The average Bonchev–Trinajstić information content (AvgIpc) is 3.18. The number of nitrogens with one attached hydrogen (secondary N) is 1. The van der Waals surface area contributed by atoms with Gasteiger partial charge in [0, 0.05) is 12.2 Å². The van der Waals surface area contributed by atoms with Crippen LogP contribution in [0.3, 0.4) is 0 Å². The van der Waals surface area contributed by atoms with E-state index in [0.717, 1.165) is 11.1 Å². The van der Waals surface area contributed by atoms with Crippen LogP contribution in [0.15, 0.2) is 27.6 Å². The molecule has 0 aliphatic carbocycles. The molecule has 26 heavy (non-hydrogen) atoms. The highest BCUT2D eigenvalue weighted by molar-refractivity contribution is 7.89. The molecule has 3 rings (SSSR count). The molecule has 0 spiro atoms. The zero-order chi connectivity index (χ0) is 19.1. The van der Waals surface area contributed by atoms with Gasteiger partial charge in [0.1, 0.15) is 16.6 Å². The first-order chi connectivity index (χ1) is 12.2. The Bertz CT molecular complexity index is 930. The second-order valence-corrected chi connectivity index (χ2v) is 8.56. The largest absolute Gasteiger partial charge is 0.360 e. The predicted octanol–water partition coefficient (Wildman–Crippen LogP) is 2.70. The number of amides is 1. The van der Waals surface area contributed by atoms with Crippen molar-refractivity contribution in [2.75, 3.05) is 11.9 Å². The van der Waals surface area contributed by atoms with Crippen LogP contribution in [-0.2, 0) is 14.8 Å². The first kappa shape index (κ1) is 18.6. The molecule has 1 aliphatic heterocycles. The van der Waals surface area contributed by atoms with Crippen molar-refractivity contribution >= 4 is 21.6 Å². The molecule has 0 saturated carbocycles. The van der Waals surface area contributed by atoms with E-state index in [4.69, 9.17) is 4.52 Å². The summed E-state index contributed by atoms with van der Waals surface area (Å²) >= 11 is 0. The van der Waals surface area contributed by atoms with Crippen LogP contribution in [-0.4, -0.2) is 36.4 Å². The van der Waals surface area contributed by atoms with Gasteiger partial charge in [-0.15, -0.1) is 0 Å². The second-order valence-electron chi connectivity index (χ2n) is 6.73. The van der Waals surface area contributed by atoms with Gasteiger partial charge in [0.25, 0.3) is 0 Å². The first-order valence-corrected chi connectivity index (χ1v) is 9.98. The van der Waals surface area contributed by atoms with Crippen molar-refractivity contribution in [3.05, 3.63) is 40.8 Å². The van der Waals surface area contributed by atoms with Crippen molar-refractivity contribution in [2.45, 2.75) is 51.5 Å². The lowest BCUT2D eigenvalue weighted by atomic mass is 10.1. The number of rotatable bonds is 4. The number of nitrogens with zero attached hydrogens (tertiary/aromatic N) is 2. The summed E-state index contributed by atoms with van der Waals surface area (Å²) in [5, 5.41) is 6.62. The van der Waals surface area contributed by atoms with E-state index in [1.165, 1.54) is 4.31 Å². The second kappa shape index (κ2) is 6.85. The van der Waals surface area contributed by atoms with Gasteiger partial charge >= 0.3 is 0 Å². The fraction of sp³-hybridized carbons (Fsp3) is 0.444. The van der Waals surface area contributed by atoms with Crippen molar-refractivity contribution in [1.82, 2.24) is 9.46 Å². The molecule has 1 saturated heterocycles.